The summed E-state index contributed by atoms with van der Waals surface area (Å²) in [4.78, 5) is 25.5. The van der Waals surface area contributed by atoms with E-state index in [0.717, 1.165) is 47.1 Å². The van der Waals surface area contributed by atoms with Crippen LogP contribution in [0.5, 0.6) is 0 Å². The Labute approximate surface area is 200 Å². The van der Waals surface area contributed by atoms with Crippen LogP contribution in [0.2, 0.25) is 0 Å². The van der Waals surface area contributed by atoms with E-state index in [-0.39, 0.29) is 11.8 Å². The fourth-order valence-corrected chi connectivity index (χ4v) is 4.09. The molecule has 3 aromatic carbocycles. The maximum Gasteiger partial charge on any atom is 0.268 e. The van der Waals surface area contributed by atoms with Gasteiger partial charge in [0.05, 0.1) is 0 Å². The lowest BCUT2D eigenvalue weighted by Crippen LogP contribution is -2.25. The predicted octanol–water partition coefficient (Wildman–Crippen LogP) is 5.94. The molecule has 0 spiro atoms. The van der Waals surface area contributed by atoms with E-state index in [1.165, 1.54) is 0 Å². The van der Waals surface area contributed by atoms with Crippen molar-refractivity contribution in [2.45, 2.75) is 45.7 Å². The van der Waals surface area contributed by atoms with Crippen LogP contribution in [-0.4, -0.2) is 16.4 Å². The summed E-state index contributed by atoms with van der Waals surface area (Å²) in [5, 5.41) is 6.99. The van der Waals surface area contributed by atoms with Crippen LogP contribution < -0.4 is 10.6 Å². The zero-order valence-corrected chi connectivity index (χ0v) is 19.6. The molecule has 0 saturated carbocycles. The number of aromatic nitrogens is 1. The van der Waals surface area contributed by atoms with Crippen LogP contribution in [0.25, 0.3) is 10.9 Å². The molecule has 174 valence electrons. The van der Waals surface area contributed by atoms with Crippen LogP contribution in [0.3, 0.4) is 0 Å². The predicted molar refractivity (Wildman–Crippen MR) is 138 cm³/mol. The number of carbonyl (C=O) groups is 2. The highest BCUT2D eigenvalue weighted by Crippen LogP contribution is 2.25. The molecule has 0 bridgehead atoms. The standard InChI is InChI=1S/C29H31N3O2/c1-2-3-18-32-26-16-15-25(31-28(33)17-14-22-10-6-4-7-11-22)19-24(26)20-27(32)29(34)30-21-23-12-8-5-9-13-23/h4-13,15-16,19-20H,2-3,14,17-18,21H2,1H3,(H,30,34)(H,31,33). The molecule has 0 aliphatic carbocycles. The van der Waals surface area contributed by atoms with E-state index in [1.807, 2.05) is 84.9 Å². The first-order chi connectivity index (χ1) is 16.6. The first-order valence-corrected chi connectivity index (χ1v) is 11.9. The molecule has 4 aromatic rings. The molecule has 2 amide bonds. The highest BCUT2D eigenvalue weighted by Gasteiger charge is 2.16. The lowest BCUT2D eigenvalue weighted by atomic mass is 10.1. The van der Waals surface area contributed by atoms with Crippen LogP contribution in [0.15, 0.2) is 84.9 Å². The number of amides is 2. The minimum Gasteiger partial charge on any atom is -0.347 e. The first kappa shape index (κ1) is 23.3. The van der Waals surface area contributed by atoms with E-state index in [9.17, 15) is 9.59 Å². The summed E-state index contributed by atoms with van der Waals surface area (Å²) in [5.74, 6) is -0.112. The molecule has 0 fully saturated rings. The van der Waals surface area contributed by atoms with Crippen molar-refractivity contribution in [2.24, 2.45) is 0 Å². The van der Waals surface area contributed by atoms with Gasteiger partial charge in [-0.2, -0.15) is 0 Å². The third kappa shape index (κ3) is 5.93. The molecule has 1 aromatic heterocycles. The highest BCUT2D eigenvalue weighted by atomic mass is 16.2. The molecule has 1 heterocycles. The molecular formula is C29H31N3O2. The topological polar surface area (TPSA) is 63.1 Å². The molecule has 0 aliphatic heterocycles. The molecule has 0 unspecified atom stereocenters. The number of aryl methyl sites for hydroxylation is 2. The number of benzene rings is 3. The van der Waals surface area contributed by atoms with Gasteiger partial charge >= 0.3 is 0 Å². The third-order valence-corrected chi connectivity index (χ3v) is 5.93. The minimum atomic E-state index is -0.0930. The Morgan fingerprint density at radius 1 is 0.853 bits per heavy atom. The molecule has 5 heteroatoms. The van der Waals surface area contributed by atoms with Crippen LogP contribution >= 0.6 is 0 Å². The second-order valence-electron chi connectivity index (χ2n) is 8.51. The Bertz CT molecular complexity index is 1250. The van der Waals surface area contributed by atoms with Crippen LogP contribution in [0, 0.1) is 0 Å². The highest BCUT2D eigenvalue weighted by molar-refractivity contribution is 6.00. The van der Waals surface area contributed by atoms with E-state index in [1.54, 1.807) is 0 Å². The van der Waals surface area contributed by atoms with Gasteiger partial charge in [-0.15, -0.1) is 0 Å². The minimum absolute atomic E-state index is 0.0190. The van der Waals surface area contributed by atoms with Crippen LogP contribution in [-0.2, 0) is 24.3 Å². The van der Waals surface area contributed by atoms with Crippen molar-refractivity contribution < 1.29 is 9.59 Å². The number of hydrogen-bond acceptors (Lipinski definition) is 2. The van der Waals surface area contributed by atoms with Crippen molar-refractivity contribution in [3.05, 3.63) is 102 Å². The summed E-state index contributed by atoms with van der Waals surface area (Å²) < 4.78 is 2.08. The number of anilines is 1. The van der Waals surface area contributed by atoms with Crippen molar-refractivity contribution >= 4 is 28.4 Å². The summed E-state index contributed by atoms with van der Waals surface area (Å²) in [5.41, 5.74) is 4.60. The van der Waals surface area contributed by atoms with E-state index < -0.39 is 0 Å². The number of rotatable bonds is 10. The van der Waals surface area contributed by atoms with Gasteiger partial charge in [-0.05, 0) is 48.2 Å². The summed E-state index contributed by atoms with van der Waals surface area (Å²) in [6.07, 6.45) is 3.15. The third-order valence-electron chi connectivity index (χ3n) is 5.93. The Kier molecular flexibility index (Phi) is 7.76. The summed E-state index contributed by atoms with van der Waals surface area (Å²) in [6.45, 7) is 3.40. The average Bonchev–Trinajstić information content (AvgIpc) is 3.23. The summed E-state index contributed by atoms with van der Waals surface area (Å²) >= 11 is 0. The van der Waals surface area contributed by atoms with E-state index in [4.69, 9.17) is 0 Å². The maximum atomic E-state index is 13.1. The summed E-state index contributed by atoms with van der Waals surface area (Å²) in [7, 11) is 0. The molecule has 0 saturated heterocycles. The Morgan fingerprint density at radius 3 is 2.26 bits per heavy atom. The van der Waals surface area contributed by atoms with E-state index >= 15 is 0 Å². The second-order valence-corrected chi connectivity index (χ2v) is 8.51. The van der Waals surface area contributed by atoms with Crippen molar-refractivity contribution in [2.75, 3.05) is 5.32 Å². The Hall–Kier alpha value is -3.86. The Morgan fingerprint density at radius 2 is 1.56 bits per heavy atom. The van der Waals surface area contributed by atoms with Crippen LogP contribution in [0.1, 0.15) is 47.8 Å². The molecule has 34 heavy (non-hydrogen) atoms. The van der Waals surface area contributed by atoms with Crippen molar-refractivity contribution in [1.29, 1.82) is 0 Å². The second kappa shape index (κ2) is 11.3. The van der Waals surface area contributed by atoms with Gasteiger partial charge in [0.15, 0.2) is 0 Å². The number of carbonyl (C=O) groups excluding carboxylic acids is 2. The van der Waals surface area contributed by atoms with E-state index in [0.29, 0.717) is 25.1 Å². The number of hydrogen-bond donors (Lipinski definition) is 2. The zero-order chi connectivity index (χ0) is 23.8. The maximum absolute atomic E-state index is 13.1. The quantitative estimate of drug-likeness (QED) is 0.312. The van der Waals surface area contributed by atoms with Crippen LogP contribution in [0.4, 0.5) is 5.69 Å². The SMILES string of the molecule is CCCCn1c(C(=O)NCc2ccccc2)cc2cc(NC(=O)CCc3ccccc3)ccc21. The number of nitrogens with one attached hydrogen (secondary N) is 2. The molecule has 5 nitrogen and oxygen atoms in total. The van der Waals surface area contributed by atoms with Gasteiger partial charge in [-0.25, -0.2) is 0 Å². The molecule has 2 N–H and O–H groups in total. The van der Waals surface area contributed by atoms with Crippen molar-refractivity contribution in [3.63, 3.8) is 0 Å². The van der Waals surface area contributed by atoms with E-state index in [2.05, 4.69) is 22.1 Å². The smallest absolute Gasteiger partial charge is 0.268 e. The Balaban J connectivity index is 1.48. The lowest BCUT2D eigenvalue weighted by molar-refractivity contribution is -0.116. The van der Waals surface area contributed by atoms with Gasteiger partial charge in [-0.1, -0.05) is 74.0 Å². The fraction of sp³-hybridized carbons (Fsp3) is 0.241. The summed E-state index contributed by atoms with van der Waals surface area (Å²) in [6, 6.07) is 27.7. The van der Waals surface area contributed by atoms with Gasteiger partial charge in [-0.3, -0.25) is 9.59 Å². The lowest BCUT2D eigenvalue weighted by Gasteiger charge is -2.11. The van der Waals surface area contributed by atoms with Gasteiger partial charge in [0.2, 0.25) is 5.91 Å². The van der Waals surface area contributed by atoms with Crippen molar-refractivity contribution in [3.8, 4) is 0 Å². The number of unbranched alkanes of at least 4 members (excludes halogenated alkanes) is 1. The number of nitrogens with zero attached hydrogens (tertiary/aromatic N) is 1. The molecule has 0 radical (unpaired) electrons. The number of fused-ring (bicyclic) bond motifs is 1. The molecular weight excluding hydrogens is 422 g/mol. The average molecular weight is 454 g/mol. The monoisotopic (exact) mass is 453 g/mol. The first-order valence-electron chi connectivity index (χ1n) is 11.9. The molecule has 0 atom stereocenters. The van der Waals surface area contributed by atoms with Gasteiger partial charge in [0.1, 0.15) is 5.69 Å². The zero-order valence-electron chi connectivity index (χ0n) is 19.6. The largest absolute Gasteiger partial charge is 0.347 e. The fourth-order valence-electron chi connectivity index (χ4n) is 4.09. The van der Waals surface area contributed by atoms with Crippen molar-refractivity contribution in [1.82, 2.24) is 9.88 Å². The molecule has 0 aliphatic rings. The molecule has 4 rings (SSSR count). The normalized spacial score (nSPS) is 10.9. The van der Waals surface area contributed by atoms with Gasteiger partial charge in [0.25, 0.3) is 5.91 Å². The van der Waals surface area contributed by atoms with Gasteiger partial charge in [0, 0.05) is 36.1 Å². The van der Waals surface area contributed by atoms with Gasteiger partial charge < -0.3 is 15.2 Å².